The Kier molecular flexibility index (Phi) is 5.00. The summed E-state index contributed by atoms with van der Waals surface area (Å²) in [5.41, 5.74) is 3.51. The molecule has 0 aliphatic carbocycles. The van der Waals surface area contributed by atoms with Gasteiger partial charge >= 0.3 is 0 Å². The van der Waals surface area contributed by atoms with E-state index in [1.165, 1.54) is 6.33 Å². The van der Waals surface area contributed by atoms with Gasteiger partial charge in [0.1, 0.15) is 18.3 Å². The van der Waals surface area contributed by atoms with E-state index >= 15 is 0 Å². The highest BCUT2D eigenvalue weighted by Crippen LogP contribution is 2.38. The molecule has 0 spiro atoms. The second-order valence-corrected chi connectivity index (χ2v) is 8.89. The standard InChI is InChI=1S/C25H20ClN7O2/c1-31-12-18(17-11-15(26)7-8-19(17)31)21-22(25(35)29-24(21)34)23-16-5-2-3-6-20(16)33(30-23)10-4-9-32-14-27-13-28-32/h2-3,5-8,11-14H,4,9-10H2,1H3,(H,29,34,35). The quantitative estimate of drug-likeness (QED) is 0.371. The number of nitrogens with zero attached hydrogens (tertiary/aromatic N) is 6. The molecule has 5 aromatic rings. The lowest BCUT2D eigenvalue weighted by Gasteiger charge is -2.04. The van der Waals surface area contributed by atoms with Crippen LogP contribution in [0.2, 0.25) is 5.02 Å². The SMILES string of the molecule is Cn1cc(C2=C(c3nn(CCCn4cncn4)c4ccccc34)C(=O)NC2=O)c2cc(Cl)ccc21. The Balaban J connectivity index is 1.51. The highest BCUT2D eigenvalue weighted by Gasteiger charge is 2.36. The van der Waals surface area contributed by atoms with Gasteiger partial charge in [-0.25, -0.2) is 4.98 Å². The number of amides is 2. The van der Waals surface area contributed by atoms with Gasteiger partial charge in [0.05, 0.1) is 16.7 Å². The lowest BCUT2D eigenvalue weighted by atomic mass is 9.97. The number of hydrogen-bond donors (Lipinski definition) is 1. The monoisotopic (exact) mass is 485 g/mol. The summed E-state index contributed by atoms with van der Waals surface area (Å²) >= 11 is 6.27. The third kappa shape index (κ3) is 3.52. The molecule has 0 radical (unpaired) electrons. The lowest BCUT2D eigenvalue weighted by Crippen LogP contribution is -2.22. The number of hydrogen-bond acceptors (Lipinski definition) is 5. The van der Waals surface area contributed by atoms with E-state index in [9.17, 15) is 9.59 Å². The number of para-hydroxylation sites is 1. The number of fused-ring (bicyclic) bond motifs is 2. The fourth-order valence-electron chi connectivity index (χ4n) is 4.71. The Morgan fingerprint density at radius 2 is 1.80 bits per heavy atom. The molecule has 0 saturated heterocycles. The van der Waals surface area contributed by atoms with Crippen molar-refractivity contribution < 1.29 is 9.59 Å². The minimum absolute atomic E-state index is 0.272. The van der Waals surface area contributed by atoms with E-state index in [2.05, 4.69) is 15.4 Å². The average molecular weight is 486 g/mol. The smallest absolute Gasteiger partial charge is 0.261 e. The molecule has 4 heterocycles. The molecule has 3 aromatic heterocycles. The van der Waals surface area contributed by atoms with Crippen LogP contribution in [0.1, 0.15) is 17.7 Å². The predicted octanol–water partition coefficient (Wildman–Crippen LogP) is 3.43. The van der Waals surface area contributed by atoms with Crippen LogP contribution < -0.4 is 5.32 Å². The largest absolute Gasteiger partial charge is 0.350 e. The molecule has 0 saturated carbocycles. The number of carbonyl (C=O) groups excluding carboxylic acids is 2. The number of aryl methyl sites for hydroxylation is 3. The van der Waals surface area contributed by atoms with Crippen molar-refractivity contribution in [2.24, 2.45) is 7.05 Å². The second-order valence-electron chi connectivity index (χ2n) is 8.45. The van der Waals surface area contributed by atoms with Gasteiger partial charge in [-0.15, -0.1) is 0 Å². The van der Waals surface area contributed by atoms with Gasteiger partial charge in [-0.1, -0.05) is 29.8 Å². The van der Waals surface area contributed by atoms with Crippen molar-refractivity contribution in [3.8, 4) is 0 Å². The van der Waals surface area contributed by atoms with Crippen molar-refractivity contribution in [3.63, 3.8) is 0 Å². The Morgan fingerprint density at radius 1 is 0.971 bits per heavy atom. The fourth-order valence-corrected chi connectivity index (χ4v) is 4.89. The molecular weight excluding hydrogens is 466 g/mol. The Bertz CT molecular complexity index is 1660. The first kappa shape index (κ1) is 21.3. The number of rotatable bonds is 6. The van der Waals surface area contributed by atoms with Crippen LogP contribution >= 0.6 is 11.6 Å². The number of halogens is 1. The minimum atomic E-state index is -0.456. The zero-order valence-corrected chi connectivity index (χ0v) is 19.5. The van der Waals surface area contributed by atoms with E-state index in [1.54, 1.807) is 17.1 Å². The number of nitrogens with one attached hydrogen (secondary N) is 1. The van der Waals surface area contributed by atoms with Crippen LogP contribution in [-0.2, 0) is 29.7 Å². The molecule has 174 valence electrons. The normalized spacial score (nSPS) is 14.0. The van der Waals surface area contributed by atoms with Crippen LogP contribution in [-0.4, -0.2) is 40.9 Å². The summed E-state index contributed by atoms with van der Waals surface area (Å²) in [6.45, 7) is 1.30. The molecule has 0 bridgehead atoms. The second kappa shape index (κ2) is 8.21. The molecule has 9 nitrogen and oxygen atoms in total. The zero-order valence-electron chi connectivity index (χ0n) is 18.8. The lowest BCUT2D eigenvalue weighted by molar-refractivity contribution is -0.122. The van der Waals surface area contributed by atoms with E-state index in [4.69, 9.17) is 16.7 Å². The summed E-state index contributed by atoms with van der Waals surface area (Å²) in [6, 6.07) is 13.2. The fraction of sp³-hybridized carbons (Fsp3) is 0.160. The molecule has 6 rings (SSSR count). The van der Waals surface area contributed by atoms with Gasteiger partial charge < -0.3 is 4.57 Å². The maximum absolute atomic E-state index is 13.1. The van der Waals surface area contributed by atoms with Crippen molar-refractivity contribution in [2.75, 3.05) is 0 Å². The first-order chi connectivity index (χ1) is 17.0. The van der Waals surface area contributed by atoms with Crippen molar-refractivity contribution in [1.82, 2.24) is 34.4 Å². The van der Waals surface area contributed by atoms with Gasteiger partial charge in [0, 0.05) is 53.2 Å². The molecule has 2 aromatic carbocycles. The molecular formula is C25H20ClN7O2. The van der Waals surface area contributed by atoms with E-state index in [1.807, 2.05) is 58.9 Å². The summed E-state index contributed by atoms with van der Waals surface area (Å²) in [5, 5.41) is 13.6. The topological polar surface area (TPSA) is 99.6 Å². The predicted molar refractivity (Wildman–Crippen MR) is 132 cm³/mol. The van der Waals surface area contributed by atoms with E-state index < -0.39 is 11.8 Å². The molecule has 35 heavy (non-hydrogen) atoms. The van der Waals surface area contributed by atoms with Crippen LogP contribution in [0, 0.1) is 0 Å². The summed E-state index contributed by atoms with van der Waals surface area (Å²) < 4.78 is 5.56. The average Bonchev–Trinajstić information content (AvgIpc) is 3.60. The van der Waals surface area contributed by atoms with E-state index in [-0.39, 0.29) is 5.57 Å². The first-order valence-electron chi connectivity index (χ1n) is 11.1. The Hall–Kier alpha value is -4.24. The number of aromatic nitrogens is 6. The van der Waals surface area contributed by atoms with Crippen molar-refractivity contribution >= 4 is 56.4 Å². The van der Waals surface area contributed by atoms with Crippen LogP contribution in [0.15, 0.2) is 61.3 Å². The summed E-state index contributed by atoms with van der Waals surface area (Å²) in [4.78, 5) is 30.2. The number of imide groups is 1. The Morgan fingerprint density at radius 3 is 2.63 bits per heavy atom. The Labute approximate surface area is 204 Å². The molecule has 1 aliphatic heterocycles. The maximum Gasteiger partial charge on any atom is 0.261 e. The highest BCUT2D eigenvalue weighted by atomic mass is 35.5. The number of benzene rings is 2. The van der Waals surface area contributed by atoms with Gasteiger partial charge in [0.15, 0.2) is 0 Å². The van der Waals surface area contributed by atoms with Crippen molar-refractivity contribution in [3.05, 3.63) is 77.6 Å². The van der Waals surface area contributed by atoms with Crippen LogP contribution in [0.3, 0.4) is 0 Å². The zero-order chi connectivity index (χ0) is 24.1. The molecule has 1 N–H and O–H groups in total. The molecule has 0 atom stereocenters. The van der Waals surface area contributed by atoms with Gasteiger partial charge in [0.2, 0.25) is 0 Å². The third-order valence-electron chi connectivity index (χ3n) is 6.27. The van der Waals surface area contributed by atoms with Gasteiger partial charge in [-0.2, -0.15) is 10.2 Å². The summed E-state index contributed by atoms with van der Waals surface area (Å²) in [5.74, 6) is -0.899. The summed E-state index contributed by atoms with van der Waals surface area (Å²) in [6.07, 6.45) is 5.80. The number of carbonyl (C=O) groups is 2. The molecule has 1 aliphatic rings. The van der Waals surface area contributed by atoms with Gasteiger partial charge in [-0.3, -0.25) is 24.3 Å². The van der Waals surface area contributed by atoms with Crippen LogP contribution in [0.4, 0.5) is 0 Å². The molecule has 10 heteroatoms. The molecule has 2 amide bonds. The maximum atomic E-state index is 13.1. The van der Waals surface area contributed by atoms with E-state index in [0.29, 0.717) is 34.9 Å². The molecule has 0 unspecified atom stereocenters. The third-order valence-corrected chi connectivity index (χ3v) is 6.51. The van der Waals surface area contributed by atoms with Crippen molar-refractivity contribution in [2.45, 2.75) is 19.5 Å². The van der Waals surface area contributed by atoms with Crippen LogP contribution in [0.25, 0.3) is 33.0 Å². The highest BCUT2D eigenvalue weighted by molar-refractivity contribution is 6.50. The molecule has 0 fully saturated rings. The first-order valence-corrected chi connectivity index (χ1v) is 11.5. The van der Waals surface area contributed by atoms with Crippen molar-refractivity contribution in [1.29, 1.82) is 0 Å². The van der Waals surface area contributed by atoms with E-state index in [0.717, 1.165) is 28.2 Å². The summed E-state index contributed by atoms with van der Waals surface area (Å²) in [7, 11) is 1.90. The minimum Gasteiger partial charge on any atom is -0.350 e. The van der Waals surface area contributed by atoms with Gasteiger partial charge in [0.25, 0.3) is 11.8 Å². The van der Waals surface area contributed by atoms with Gasteiger partial charge in [-0.05, 0) is 30.7 Å². The van der Waals surface area contributed by atoms with Crippen LogP contribution in [0.5, 0.6) is 0 Å².